The summed E-state index contributed by atoms with van der Waals surface area (Å²) in [7, 11) is -3.56. The predicted octanol–water partition coefficient (Wildman–Crippen LogP) is 3.90. The fraction of sp³-hybridized carbons (Fsp3) is 0.393. The summed E-state index contributed by atoms with van der Waals surface area (Å²) in [5, 5.41) is 0. The highest BCUT2D eigenvalue weighted by molar-refractivity contribution is 7.53. The fourth-order valence-electron chi connectivity index (χ4n) is 4.20. The summed E-state index contributed by atoms with van der Waals surface area (Å²) in [5.74, 6) is -0.633. The van der Waals surface area contributed by atoms with Crippen LogP contribution in [0.15, 0.2) is 82.5 Å². The van der Waals surface area contributed by atoms with Crippen LogP contribution in [-0.4, -0.2) is 47.1 Å². The van der Waals surface area contributed by atoms with Crippen LogP contribution >= 0.6 is 7.60 Å². The normalized spacial score (nSPS) is 18.8. The number of carbonyl (C=O) groups is 1. The molecular weight excluding hydrogens is 555 g/mol. The maximum absolute atomic E-state index is 13.4. The molecule has 1 aliphatic rings. The van der Waals surface area contributed by atoms with Gasteiger partial charge in [-0.1, -0.05) is 48.5 Å². The van der Waals surface area contributed by atoms with Gasteiger partial charge in [0.15, 0.2) is 25.0 Å². The van der Waals surface area contributed by atoms with Gasteiger partial charge in [0.1, 0.15) is 6.73 Å². The van der Waals surface area contributed by atoms with Crippen molar-refractivity contribution in [2.45, 2.75) is 52.2 Å². The van der Waals surface area contributed by atoms with E-state index in [9.17, 15) is 18.9 Å². The van der Waals surface area contributed by atoms with Crippen LogP contribution in [-0.2, 0) is 45.9 Å². The largest absolute Gasteiger partial charge is 0.454 e. The van der Waals surface area contributed by atoms with Crippen molar-refractivity contribution in [3.05, 3.63) is 105 Å². The molecule has 220 valence electrons. The average molecular weight is 589 g/mol. The Morgan fingerprint density at radius 1 is 0.976 bits per heavy atom. The molecule has 1 fully saturated rings. The van der Waals surface area contributed by atoms with E-state index in [-0.39, 0.29) is 33.0 Å². The molecule has 0 spiro atoms. The first-order chi connectivity index (χ1) is 19.8. The van der Waals surface area contributed by atoms with Crippen LogP contribution in [0.25, 0.3) is 0 Å². The van der Waals surface area contributed by atoms with Crippen LogP contribution in [0.3, 0.4) is 0 Å². The molecule has 2 heterocycles. The summed E-state index contributed by atoms with van der Waals surface area (Å²) in [6.45, 7) is 3.54. The van der Waals surface area contributed by atoms with Gasteiger partial charge in [-0.05, 0) is 31.5 Å². The van der Waals surface area contributed by atoms with Crippen molar-refractivity contribution in [2.75, 3.05) is 19.6 Å². The first-order valence-electron chi connectivity index (χ1n) is 13.2. The molecule has 1 saturated heterocycles. The molecule has 2 aromatic carbocycles. The maximum Gasteiger partial charge on any atom is 0.356 e. The molecular formula is C28H33N2O10P. The quantitative estimate of drug-likeness (QED) is 0.202. The topological polar surface area (TPSA) is 134 Å². The first-order valence-corrected chi connectivity index (χ1v) is 14.9. The van der Waals surface area contributed by atoms with Gasteiger partial charge in [-0.25, -0.2) is 14.2 Å². The van der Waals surface area contributed by atoms with Crippen LogP contribution in [0, 0.1) is 0 Å². The summed E-state index contributed by atoms with van der Waals surface area (Å²) in [4.78, 5) is 38.9. The average Bonchev–Trinajstić information content (AvgIpc) is 3.37. The molecule has 0 bridgehead atoms. The van der Waals surface area contributed by atoms with E-state index in [4.69, 9.17) is 28.0 Å². The van der Waals surface area contributed by atoms with E-state index in [2.05, 4.69) is 0 Å². The molecule has 0 amide bonds. The van der Waals surface area contributed by atoms with Gasteiger partial charge < -0.3 is 28.0 Å². The van der Waals surface area contributed by atoms with E-state index in [0.717, 1.165) is 14.7 Å². The Hall–Kier alpha value is -3.38. The molecule has 3 aromatic rings. The van der Waals surface area contributed by atoms with Gasteiger partial charge in [-0.2, -0.15) is 0 Å². The molecule has 12 nitrogen and oxygen atoms in total. The van der Waals surface area contributed by atoms with Crippen LogP contribution in [0.1, 0.15) is 42.4 Å². The highest BCUT2D eigenvalue weighted by atomic mass is 31.2. The number of nitrogens with zero attached hydrogens (tertiary/aromatic N) is 2. The second kappa shape index (κ2) is 14.5. The van der Waals surface area contributed by atoms with Gasteiger partial charge in [-0.15, -0.1) is 0 Å². The van der Waals surface area contributed by atoms with Crippen LogP contribution < -0.4 is 11.2 Å². The Balaban J connectivity index is 1.55. The van der Waals surface area contributed by atoms with Crippen LogP contribution in [0.2, 0.25) is 0 Å². The third-order valence-corrected chi connectivity index (χ3v) is 7.84. The summed E-state index contributed by atoms with van der Waals surface area (Å²) in [6.07, 6.45) is -2.30. The molecule has 41 heavy (non-hydrogen) atoms. The van der Waals surface area contributed by atoms with Crippen molar-refractivity contribution in [3.63, 3.8) is 0 Å². The molecule has 0 aliphatic carbocycles. The number of hydrogen-bond donors (Lipinski definition) is 0. The molecule has 0 saturated carbocycles. The van der Waals surface area contributed by atoms with Crippen molar-refractivity contribution in [1.82, 2.24) is 9.13 Å². The zero-order valence-electron chi connectivity index (χ0n) is 22.8. The van der Waals surface area contributed by atoms with E-state index >= 15 is 0 Å². The summed E-state index contributed by atoms with van der Waals surface area (Å²) >= 11 is 0. The van der Waals surface area contributed by atoms with E-state index in [1.54, 1.807) is 44.2 Å². The highest BCUT2D eigenvalue weighted by Crippen LogP contribution is 2.48. The van der Waals surface area contributed by atoms with E-state index in [1.165, 1.54) is 12.3 Å². The molecule has 1 aromatic heterocycles. The molecule has 13 heteroatoms. The molecule has 4 rings (SSSR count). The standard InChI is InChI=1S/C28H33N2O10P/c1-3-37-41(34,38-4-2)20-36-25-17-23(39-27(32)22-13-9-6-10-14-22)26(40-25)29-16-15-24(31)30(28(29)33)19-35-18-21-11-7-5-8-12-21/h5-16,23,25-26H,3-4,17-20H2,1-2H3/t23?,25-,26+/m0/s1. The van der Waals surface area contributed by atoms with E-state index in [0.29, 0.717) is 5.56 Å². The molecule has 1 unspecified atom stereocenters. The Morgan fingerprint density at radius 2 is 1.63 bits per heavy atom. The van der Waals surface area contributed by atoms with E-state index in [1.807, 2.05) is 30.3 Å². The zero-order valence-corrected chi connectivity index (χ0v) is 23.7. The van der Waals surface area contributed by atoms with Crippen molar-refractivity contribution in [1.29, 1.82) is 0 Å². The maximum atomic E-state index is 13.4. The number of aromatic nitrogens is 2. The third kappa shape index (κ3) is 8.10. The lowest BCUT2D eigenvalue weighted by Crippen LogP contribution is -2.43. The van der Waals surface area contributed by atoms with Crippen molar-refractivity contribution >= 4 is 13.6 Å². The summed E-state index contributed by atoms with van der Waals surface area (Å²) < 4.78 is 48.5. The molecule has 1 aliphatic heterocycles. The summed E-state index contributed by atoms with van der Waals surface area (Å²) in [6, 6.07) is 18.8. The molecule has 3 atom stereocenters. The van der Waals surface area contributed by atoms with Crippen LogP contribution in [0.5, 0.6) is 0 Å². The second-order valence-electron chi connectivity index (χ2n) is 8.98. The number of esters is 1. The zero-order chi connectivity index (χ0) is 29.2. The lowest BCUT2D eigenvalue weighted by molar-refractivity contribution is -0.149. The number of ether oxygens (including phenoxy) is 4. The fourth-order valence-corrected chi connectivity index (χ4v) is 5.55. The van der Waals surface area contributed by atoms with Gasteiger partial charge in [0, 0.05) is 18.7 Å². The Bertz CT molecular complexity index is 1430. The van der Waals surface area contributed by atoms with Gasteiger partial charge in [0.05, 0.1) is 25.4 Å². The lowest BCUT2D eigenvalue weighted by atomic mass is 10.2. The highest BCUT2D eigenvalue weighted by Gasteiger charge is 2.42. The van der Waals surface area contributed by atoms with Gasteiger partial charge in [0.25, 0.3) is 5.56 Å². The first kappa shape index (κ1) is 30.6. The van der Waals surface area contributed by atoms with Gasteiger partial charge in [0.2, 0.25) is 0 Å². The number of rotatable bonds is 14. The predicted molar refractivity (Wildman–Crippen MR) is 147 cm³/mol. The Labute approximate surface area is 236 Å². The van der Waals surface area contributed by atoms with Crippen molar-refractivity contribution in [3.8, 4) is 0 Å². The van der Waals surface area contributed by atoms with Crippen molar-refractivity contribution in [2.24, 2.45) is 0 Å². The summed E-state index contributed by atoms with van der Waals surface area (Å²) in [5.41, 5.74) is -0.122. The van der Waals surface area contributed by atoms with E-state index < -0.39 is 49.8 Å². The molecule has 0 N–H and O–H groups in total. The number of carbonyl (C=O) groups excluding carboxylic acids is 1. The third-order valence-electron chi connectivity index (χ3n) is 6.07. The van der Waals surface area contributed by atoms with Crippen molar-refractivity contribution < 1.29 is 37.4 Å². The minimum atomic E-state index is -3.56. The minimum Gasteiger partial charge on any atom is -0.454 e. The number of hydrogen-bond acceptors (Lipinski definition) is 10. The minimum absolute atomic E-state index is 0.0115. The lowest BCUT2D eigenvalue weighted by Gasteiger charge is -2.22. The number of benzene rings is 2. The van der Waals surface area contributed by atoms with Crippen LogP contribution in [0.4, 0.5) is 0 Å². The SMILES string of the molecule is CCOP(=O)(CO[C@@H]1CC(OC(=O)c2ccccc2)[C@H](n2ccc(=O)n(COCc3ccccc3)c2=O)O1)OCC. The van der Waals surface area contributed by atoms with Gasteiger partial charge >= 0.3 is 19.3 Å². The monoisotopic (exact) mass is 588 g/mol. The second-order valence-corrected chi connectivity index (χ2v) is 11.0. The smallest absolute Gasteiger partial charge is 0.356 e. The Kier molecular flexibility index (Phi) is 10.8. The van der Waals surface area contributed by atoms with Gasteiger partial charge in [-0.3, -0.25) is 13.9 Å². The Morgan fingerprint density at radius 3 is 2.29 bits per heavy atom. The molecule has 0 radical (unpaired) electrons.